The molecule has 7 atom stereocenters. The Labute approximate surface area is 258 Å². The number of carbonyl (C=O) groups is 2. The quantitative estimate of drug-likeness (QED) is 0.366. The van der Waals surface area contributed by atoms with E-state index >= 15 is 0 Å². The van der Waals surface area contributed by atoms with Crippen molar-refractivity contribution < 1.29 is 33.5 Å². The third kappa shape index (κ3) is 4.26. The number of rotatable bonds is 6. The molecule has 0 aliphatic heterocycles. The average molecular weight is 622 g/mol. The molecule has 2 N–H and O–H groups in total. The highest BCUT2D eigenvalue weighted by Gasteiger charge is 2.70. The molecule has 2 aromatic heterocycles. The van der Waals surface area contributed by atoms with Crippen LogP contribution in [0, 0.1) is 34.4 Å². The molecule has 4 aliphatic rings. The van der Waals surface area contributed by atoms with Gasteiger partial charge in [0.25, 0.3) is 0 Å². The molecule has 1 aromatic carbocycles. The third-order valence-corrected chi connectivity index (χ3v) is 12.2. The zero-order valence-electron chi connectivity index (χ0n) is 24.7. The van der Waals surface area contributed by atoms with Crippen molar-refractivity contribution in [2.24, 2.45) is 28.6 Å². The lowest BCUT2D eigenvalue weighted by molar-refractivity contribution is -0.175. The summed E-state index contributed by atoms with van der Waals surface area (Å²) in [6, 6.07) is 7.72. The minimum absolute atomic E-state index is 0.0406. The Morgan fingerprint density at radius 3 is 2.73 bits per heavy atom. The van der Waals surface area contributed by atoms with Crippen molar-refractivity contribution in [2.75, 3.05) is 12.4 Å². The first-order valence-corrected chi connectivity index (χ1v) is 16.2. The number of nitrogens with zero attached hydrogens (tertiary/aromatic N) is 3. The molecule has 7 rings (SSSR count). The fourth-order valence-corrected chi connectivity index (χ4v) is 10.2. The van der Waals surface area contributed by atoms with Gasteiger partial charge < -0.3 is 19.5 Å². The van der Waals surface area contributed by atoms with Gasteiger partial charge in [-0.15, -0.1) is 0 Å². The largest absolute Gasteiger partial charge is 0.444 e. The fourth-order valence-electron chi connectivity index (χ4n) is 9.29. The van der Waals surface area contributed by atoms with Crippen LogP contribution in [-0.2, 0) is 16.0 Å². The Hall–Kier alpha value is -3.28. The monoisotopic (exact) mass is 621 g/mol. The van der Waals surface area contributed by atoms with Crippen LogP contribution in [-0.4, -0.2) is 60.3 Å². The zero-order chi connectivity index (χ0) is 30.9. The highest BCUT2D eigenvalue weighted by atomic mass is 32.2. The van der Waals surface area contributed by atoms with E-state index in [0.29, 0.717) is 25.7 Å². The van der Waals surface area contributed by atoms with Gasteiger partial charge in [-0.3, -0.25) is 4.79 Å². The van der Waals surface area contributed by atoms with Crippen LogP contribution >= 0.6 is 11.8 Å². The summed E-state index contributed by atoms with van der Waals surface area (Å²) in [4.78, 5) is 27.2. The van der Waals surface area contributed by atoms with Crippen molar-refractivity contribution in [3.63, 3.8) is 0 Å². The molecule has 0 amide bonds. The van der Waals surface area contributed by atoms with Crippen LogP contribution < -0.4 is 0 Å². The summed E-state index contributed by atoms with van der Waals surface area (Å²) in [5.41, 5.74) is 1.54. The first-order chi connectivity index (χ1) is 21.1. The molecule has 11 heteroatoms. The van der Waals surface area contributed by atoms with Crippen molar-refractivity contribution in [1.82, 2.24) is 14.9 Å². The summed E-state index contributed by atoms with van der Waals surface area (Å²) < 4.78 is 26.7. The molecule has 3 fully saturated rings. The number of esters is 1. The fraction of sp³-hybridized carbons (Fsp3) is 0.515. The van der Waals surface area contributed by atoms with E-state index in [1.54, 1.807) is 12.1 Å². The maximum Gasteiger partial charge on any atom is 0.378 e. The minimum Gasteiger partial charge on any atom is -0.444 e. The number of aliphatic hydroxyl groups is 2. The van der Waals surface area contributed by atoms with Gasteiger partial charge in [0.2, 0.25) is 10.9 Å². The van der Waals surface area contributed by atoms with E-state index in [4.69, 9.17) is 9.26 Å². The van der Waals surface area contributed by atoms with Crippen molar-refractivity contribution in [3.8, 4) is 5.69 Å². The molecule has 2 heterocycles. The van der Waals surface area contributed by atoms with Crippen LogP contribution in [0.25, 0.3) is 11.8 Å². The van der Waals surface area contributed by atoms with Gasteiger partial charge >= 0.3 is 5.97 Å². The third-order valence-electron chi connectivity index (χ3n) is 11.2. The minimum atomic E-state index is -1.47. The van der Waals surface area contributed by atoms with Crippen LogP contribution in [0.1, 0.15) is 67.8 Å². The average Bonchev–Trinajstić information content (AvgIpc) is 3.73. The van der Waals surface area contributed by atoms with Gasteiger partial charge in [-0.2, -0.15) is 5.10 Å². The molecule has 0 bridgehead atoms. The van der Waals surface area contributed by atoms with E-state index in [2.05, 4.69) is 23.3 Å². The number of ether oxygens (including phenoxy) is 1. The number of fused-ring (bicyclic) bond motifs is 6. The number of thioether (sulfide) groups is 1. The Kier molecular flexibility index (Phi) is 7.13. The van der Waals surface area contributed by atoms with Crippen LogP contribution in [0.5, 0.6) is 0 Å². The summed E-state index contributed by atoms with van der Waals surface area (Å²) >= 11 is 0.974. The maximum atomic E-state index is 13.9. The predicted octanol–water partition coefficient (Wildman–Crippen LogP) is 5.00. The summed E-state index contributed by atoms with van der Waals surface area (Å²) in [5, 5.41) is 29.5. The van der Waals surface area contributed by atoms with Crippen LogP contribution in [0.4, 0.5) is 4.39 Å². The first kappa shape index (κ1) is 29.4. The molecule has 3 aromatic rings. The molecule has 2 unspecified atom stereocenters. The Balaban J connectivity index is 1.22. The van der Waals surface area contributed by atoms with Crippen molar-refractivity contribution in [3.05, 3.63) is 71.1 Å². The van der Waals surface area contributed by atoms with Gasteiger partial charge in [0.15, 0.2) is 5.60 Å². The Bertz CT molecular complexity index is 1620. The second-order valence-electron chi connectivity index (χ2n) is 13.2. The molecule has 0 radical (unpaired) electrons. The molecule has 0 spiro atoms. The number of carbonyl (C=O) groups excluding carboxylic acids is 2. The standard InChI is InChI=1S/C33H36FN3O6S/c1-31-16-19-18-35-37(22-6-4-21(34)5-7-22)25(19)15-20(31)3-8-23-24-9-11-33(30(41)44-14-13-38,32(24,2)17-26(39)28(23)31)42-29(40)27-10-12-36-43-27/h4-7,10,12,15,18,23-24,26,28,38-39H,3,8-9,11,13-14,16-17H2,1-2H3/t23-,24?,26-,28?,31-,32-,33-/m0/s1. The molecule has 232 valence electrons. The van der Waals surface area contributed by atoms with Gasteiger partial charge in [-0.1, -0.05) is 36.3 Å². The van der Waals surface area contributed by atoms with Gasteiger partial charge in [-0.25, -0.2) is 13.9 Å². The second-order valence-corrected chi connectivity index (χ2v) is 14.3. The predicted molar refractivity (Wildman–Crippen MR) is 160 cm³/mol. The van der Waals surface area contributed by atoms with Crippen molar-refractivity contribution in [1.29, 1.82) is 0 Å². The smallest absolute Gasteiger partial charge is 0.378 e. The molecular formula is C33H36FN3O6S. The van der Waals surface area contributed by atoms with E-state index in [1.165, 1.54) is 30.0 Å². The Morgan fingerprint density at radius 1 is 1.20 bits per heavy atom. The topological polar surface area (TPSA) is 128 Å². The molecular weight excluding hydrogens is 585 g/mol. The van der Waals surface area contributed by atoms with E-state index in [9.17, 15) is 24.2 Å². The van der Waals surface area contributed by atoms with Gasteiger partial charge in [-0.05, 0) is 97.6 Å². The molecule has 9 nitrogen and oxygen atoms in total. The van der Waals surface area contributed by atoms with Gasteiger partial charge in [0, 0.05) is 17.2 Å². The second kappa shape index (κ2) is 10.7. The SMILES string of the molecule is C[C@]12Cc3cnn(-c4ccc(F)cc4)c3C=C1CC[C@@H]1C2[C@@H](O)C[C@@]2(C)C1CC[C@]2(OC(=O)c1ccno1)C(=O)SCCO. The highest BCUT2D eigenvalue weighted by Crippen LogP contribution is 2.69. The number of aliphatic hydroxyl groups excluding tert-OH is 2. The summed E-state index contributed by atoms with van der Waals surface area (Å²) in [6.45, 7) is 4.06. The van der Waals surface area contributed by atoms with Crippen LogP contribution in [0.2, 0.25) is 0 Å². The van der Waals surface area contributed by atoms with Crippen molar-refractivity contribution >= 4 is 28.9 Å². The number of aromatic nitrogens is 3. The number of allylic oxidation sites excluding steroid dienone is 1. The van der Waals surface area contributed by atoms with E-state index in [1.807, 2.05) is 17.8 Å². The lowest BCUT2D eigenvalue weighted by Gasteiger charge is -2.60. The molecule has 0 saturated heterocycles. The number of hydrogen-bond acceptors (Lipinski definition) is 9. The molecule has 4 aliphatic carbocycles. The number of halogens is 1. The number of benzene rings is 1. The number of hydrogen-bond donors (Lipinski definition) is 2. The van der Waals surface area contributed by atoms with Gasteiger partial charge in [0.1, 0.15) is 5.82 Å². The molecule has 3 saturated carbocycles. The maximum absolute atomic E-state index is 13.9. The van der Waals surface area contributed by atoms with Crippen LogP contribution in [0.15, 0.2) is 52.8 Å². The lowest BCUT2D eigenvalue weighted by atomic mass is 9.45. The normalized spacial score (nSPS) is 33.9. The Morgan fingerprint density at radius 2 is 2.00 bits per heavy atom. The first-order valence-electron chi connectivity index (χ1n) is 15.3. The van der Waals surface area contributed by atoms with Crippen molar-refractivity contribution in [2.45, 2.75) is 64.1 Å². The van der Waals surface area contributed by atoms with Crippen LogP contribution in [0.3, 0.4) is 0 Å². The lowest BCUT2D eigenvalue weighted by Crippen LogP contribution is -2.62. The summed E-state index contributed by atoms with van der Waals surface area (Å²) in [7, 11) is 0. The summed E-state index contributed by atoms with van der Waals surface area (Å²) in [6.07, 6.45) is 8.42. The van der Waals surface area contributed by atoms with E-state index in [-0.39, 0.29) is 52.2 Å². The van der Waals surface area contributed by atoms with E-state index < -0.39 is 23.1 Å². The van der Waals surface area contributed by atoms with Gasteiger partial charge in [0.05, 0.1) is 36.5 Å². The molecule has 44 heavy (non-hydrogen) atoms. The zero-order valence-corrected chi connectivity index (χ0v) is 25.6. The van der Waals surface area contributed by atoms with E-state index in [0.717, 1.165) is 41.5 Å². The summed E-state index contributed by atoms with van der Waals surface area (Å²) in [5.74, 6) is -0.836. The highest BCUT2D eigenvalue weighted by molar-refractivity contribution is 8.13.